The van der Waals surface area contributed by atoms with Gasteiger partial charge >= 0.3 is 6.03 Å². The summed E-state index contributed by atoms with van der Waals surface area (Å²) in [6, 6.07) is 6.74. The Morgan fingerprint density at radius 2 is 2.00 bits per heavy atom. The second-order valence-corrected chi connectivity index (χ2v) is 4.66. The number of pyridine rings is 1. The first-order valence-corrected chi connectivity index (χ1v) is 6.63. The minimum Gasteiger partial charge on any atom is -0.360 e. The van der Waals surface area contributed by atoms with Gasteiger partial charge in [-0.2, -0.15) is 5.10 Å². The van der Waals surface area contributed by atoms with Crippen molar-refractivity contribution >= 4 is 17.7 Å². The quantitative estimate of drug-likeness (QED) is 0.770. The summed E-state index contributed by atoms with van der Waals surface area (Å²) in [5, 5.41) is 13.1. The Morgan fingerprint density at radius 3 is 2.73 bits per heavy atom. The number of carbonyl (C=O) groups is 1. The van der Waals surface area contributed by atoms with Gasteiger partial charge in [0.2, 0.25) is 0 Å². The van der Waals surface area contributed by atoms with Crippen molar-refractivity contribution < 1.29 is 9.32 Å². The van der Waals surface area contributed by atoms with E-state index in [1.54, 1.807) is 42.3 Å². The van der Waals surface area contributed by atoms with Crippen LogP contribution in [-0.4, -0.2) is 26.0 Å². The number of aromatic nitrogens is 4. The van der Waals surface area contributed by atoms with E-state index >= 15 is 0 Å². The van der Waals surface area contributed by atoms with Crippen molar-refractivity contribution in [1.82, 2.24) is 19.9 Å². The molecule has 0 fully saturated rings. The molecule has 2 N–H and O–H groups in total. The summed E-state index contributed by atoms with van der Waals surface area (Å²) in [5.41, 5.74) is 1.08. The van der Waals surface area contributed by atoms with Gasteiger partial charge in [0, 0.05) is 30.7 Å². The van der Waals surface area contributed by atoms with Gasteiger partial charge in [0.15, 0.2) is 11.6 Å². The fraction of sp³-hybridized carbons (Fsp3) is 0.143. The van der Waals surface area contributed by atoms with E-state index in [4.69, 9.17) is 4.52 Å². The van der Waals surface area contributed by atoms with Gasteiger partial charge in [-0.25, -0.2) is 4.79 Å². The van der Waals surface area contributed by atoms with Crippen LogP contribution in [0.3, 0.4) is 0 Å². The second-order valence-electron chi connectivity index (χ2n) is 4.66. The van der Waals surface area contributed by atoms with Gasteiger partial charge in [0.05, 0.1) is 6.54 Å². The molecule has 0 aliphatic heterocycles. The average molecular weight is 298 g/mol. The van der Waals surface area contributed by atoms with E-state index < -0.39 is 6.03 Å². The van der Waals surface area contributed by atoms with E-state index in [1.165, 1.54) is 0 Å². The highest BCUT2D eigenvalue weighted by Crippen LogP contribution is 2.09. The van der Waals surface area contributed by atoms with Gasteiger partial charge < -0.3 is 4.52 Å². The zero-order valence-corrected chi connectivity index (χ0v) is 11.9. The Morgan fingerprint density at radius 1 is 1.23 bits per heavy atom. The molecule has 3 aromatic heterocycles. The molecule has 8 nitrogen and oxygen atoms in total. The summed E-state index contributed by atoms with van der Waals surface area (Å²) in [4.78, 5) is 15.8. The summed E-state index contributed by atoms with van der Waals surface area (Å²) in [6.07, 6.45) is 5.24. The van der Waals surface area contributed by atoms with Crippen LogP contribution in [0, 0.1) is 6.92 Å². The van der Waals surface area contributed by atoms with Gasteiger partial charge in [-0.15, -0.1) is 0 Å². The van der Waals surface area contributed by atoms with Crippen molar-refractivity contribution in [3.8, 4) is 0 Å². The molecule has 0 saturated carbocycles. The third kappa shape index (κ3) is 3.48. The number of hydrogen-bond donors (Lipinski definition) is 2. The van der Waals surface area contributed by atoms with E-state index in [-0.39, 0.29) is 0 Å². The highest BCUT2D eigenvalue weighted by molar-refractivity contribution is 5.98. The molecule has 0 spiro atoms. The van der Waals surface area contributed by atoms with Crippen molar-refractivity contribution in [2.75, 3.05) is 10.6 Å². The summed E-state index contributed by atoms with van der Waals surface area (Å²) in [5.74, 6) is 1.43. The highest BCUT2D eigenvalue weighted by atomic mass is 16.5. The van der Waals surface area contributed by atoms with Crippen LogP contribution in [-0.2, 0) is 6.54 Å². The lowest BCUT2D eigenvalue weighted by molar-refractivity contribution is 0.262. The Hall–Kier alpha value is -3.16. The average Bonchev–Trinajstić information content (AvgIpc) is 3.09. The first-order chi connectivity index (χ1) is 10.7. The molecular formula is C14H14N6O2. The Kier molecular flexibility index (Phi) is 3.82. The minimum absolute atomic E-state index is 0.353. The number of nitrogens with zero attached hydrogens (tertiary/aromatic N) is 4. The fourth-order valence-corrected chi connectivity index (χ4v) is 1.88. The van der Waals surface area contributed by atoms with Crippen LogP contribution in [0.5, 0.6) is 0 Å². The number of carbonyl (C=O) groups excluding carboxylic acids is 1. The number of anilines is 2. The molecule has 0 bridgehead atoms. The van der Waals surface area contributed by atoms with Crippen molar-refractivity contribution in [1.29, 1.82) is 0 Å². The van der Waals surface area contributed by atoms with Gasteiger partial charge in [-0.1, -0.05) is 5.16 Å². The fourth-order valence-electron chi connectivity index (χ4n) is 1.88. The predicted molar refractivity (Wildman–Crippen MR) is 79.4 cm³/mol. The number of urea groups is 1. The van der Waals surface area contributed by atoms with Crippen LogP contribution >= 0.6 is 0 Å². The molecule has 8 heteroatoms. The summed E-state index contributed by atoms with van der Waals surface area (Å²) in [6.45, 7) is 2.35. The molecule has 3 heterocycles. The second kappa shape index (κ2) is 6.08. The molecule has 0 saturated heterocycles. The van der Waals surface area contributed by atoms with Crippen LogP contribution in [0.1, 0.15) is 11.3 Å². The molecule has 2 amide bonds. The first kappa shape index (κ1) is 13.8. The van der Waals surface area contributed by atoms with E-state index in [0.29, 0.717) is 23.9 Å². The molecule has 0 atom stereocenters. The Balaban J connectivity index is 1.58. The number of hydrogen-bond acceptors (Lipinski definition) is 5. The number of rotatable bonds is 4. The lowest BCUT2D eigenvalue weighted by atomic mass is 10.3. The number of aryl methyl sites for hydroxylation is 1. The lowest BCUT2D eigenvalue weighted by Gasteiger charge is -2.02. The van der Waals surface area contributed by atoms with E-state index in [9.17, 15) is 4.79 Å². The summed E-state index contributed by atoms with van der Waals surface area (Å²) >= 11 is 0. The van der Waals surface area contributed by atoms with Crippen LogP contribution in [0.25, 0.3) is 0 Å². The van der Waals surface area contributed by atoms with Crippen LogP contribution in [0.4, 0.5) is 16.4 Å². The number of amides is 2. The highest BCUT2D eigenvalue weighted by Gasteiger charge is 2.08. The standard InChI is InChI=1S/C14H14N6O2/c1-10-8-13(19-22-10)17-14(21)16-12-4-7-20(18-12)9-11-2-5-15-6-3-11/h2-8H,9H2,1H3,(H2,16,17,18,19,21). The molecule has 3 aromatic rings. The summed E-state index contributed by atoms with van der Waals surface area (Å²) < 4.78 is 6.60. The van der Waals surface area contributed by atoms with E-state index in [1.807, 2.05) is 12.1 Å². The third-order valence-corrected chi connectivity index (χ3v) is 2.85. The largest absolute Gasteiger partial charge is 0.360 e. The molecule has 22 heavy (non-hydrogen) atoms. The smallest absolute Gasteiger partial charge is 0.326 e. The predicted octanol–water partition coefficient (Wildman–Crippen LogP) is 2.27. The van der Waals surface area contributed by atoms with Crippen LogP contribution in [0.2, 0.25) is 0 Å². The van der Waals surface area contributed by atoms with Gasteiger partial charge in [0.25, 0.3) is 0 Å². The SMILES string of the molecule is Cc1cc(NC(=O)Nc2ccn(Cc3ccncc3)n2)no1. The molecule has 3 rings (SSSR count). The van der Waals surface area contributed by atoms with Crippen molar-refractivity contribution in [3.05, 3.63) is 54.2 Å². The monoisotopic (exact) mass is 298 g/mol. The summed E-state index contributed by atoms with van der Waals surface area (Å²) in [7, 11) is 0. The zero-order chi connectivity index (χ0) is 15.4. The molecule has 112 valence electrons. The first-order valence-electron chi connectivity index (χ1n) is 6.63. The normalized spacial score (nSPS) is 10.4. The minimum atomic E-state index is -0.428. The maximum absolute atomic E-state index is 11.8. The van der Waals surface area contributed by atoms with Gasteiger partial charge in [-0.05, 0) is 24.6 Å². The van der Waals surface area contributed by atoms with Crippen LogP contribution in [0.15, 0.2) is 47.4 Å². The zero-order valence-electron chi connectivity index (χ0n) is 11.9. The van der Waals surface area contributed by atoms with Crippen molar-refractivity contribution in [2.45, 2.75) is 13.5 Å². The van der Waals surface area contributed by atoms with E-state index in [2.05, 4.69) is 25.9 Å². The van der Waals surface area contributed by atoms with Gasteiger partial charge in [-0.3, -0.25) is 20.3 Å². The van der Waals surface area contributed by atoms with Crippen molar-refractivity contribution in [2.24, 2.45) is 0 Å². The molecule has 0 aliphatic rings. The maximum atomic E-state index is 11.8. The van der Waals surface area contributed by atoms with Crippen molar-refractivity contribution in [3.63, 3.8) is 0 Å². The Labute approximate surface area is 126 Å². The molecule has 0 aliphatic carbocycles. The third-order valence-electron chi connectivity index (χ3n) is 2.85. The van der Waals surface area contributed by atoms with Gasteiger partial charge in [0.1, 0.15) is 5.76 Å². The molecule has 0 aromatic carbocycles. The molecule has 0 unspecified atom stereocenters. The van der Waals surface area contributed by atoms with E-state index in [0.717, 1.165) is 5.56 Å². The number of nitrogens with one attached hydrogen (secondary N) is 2. The maximum Gasteiger partial charge on any atom is 0.326 e. The van der Waals surface area contributed by atoms with Crippen LogP contribution < -0.4 is 10.6 Å². The molecule has 0 radical (unpaired) electrons. The lowest BCUT2D eigenvalue weighted by Crippen LogP contribution is -2.20. The Bertz CT molecular complexity index is 765. The molecular weight excluding hydrogens is 284 g/mol. The topological polar surface area (TPSA) is 97.9 Å².